The predicted octanol–water partition coefficient (Wildman–Crippen LogP) is 2.99. The smallest absolute Gasteiger partial charge is 0.266 e. The molecule has 0 spiro atoms. The molecule has 3 aromatic carbocycles. The van der Waals surface area contributed by atoms with Gasteiger partial charge in [0.15, 0.2) is 0 Å². The highest BCUT2D eigenvalue weighted by atomic mass is 32.2. The van der Waals surface area contributed by atoms with E-state index in [1.54, 1.807) is 55.5 Å². The van der Waals surface area contributed by atoms with Gasteiger partial charge in [0.1, 0.15) is 4.90 Å². The average molecular weight is 447 g/mol. The third-order valence-electron chi connectivity index (χ3n) is 4.29. The molecule has 0 aliphatic rings. The van der Waals surface area contributed by atoms with Crippen molar-refractivity contribution in [3.8, 4) is 0 Å². The van der Waals surface area contributed by atoms with Crippen LogP contribution in [-0.4, -0.2) is 23.4 Å². The molecule has 158 valence electrons. The van der Waals surface area contributed by atoms with Gasteiger partial charge in [0.2, 0.25) is 10.0 Å². The molecule has 0 radical (unpaired) electrons. The summed E-state index contributed by atoms with van der Waals surface area (Å²) >= 11 is 0. The Bertz CT molecular complexity index is 1230. The lowest BCUT2D eigenvalue weighted by molar-refractivity contribution is 0.591. The lowest BCUT2D eigenvalue weighted by Crippen LogP contribution is -2.31. The number of hydrogen-bond acceptors (Lipinski definition) is 6. The summed E-state index contributed by atoms with van der Waals surface area (Å²) in [5.41, 5.74) is 6.96. The van der Waals surface area contributed by atoms with Crippen molar-refractivity contribution in [3.63, 3.8) is 0 Å². The predicted molar refractivity (Wildman–Crippen MR) is 118 cm³/mol. The van der Waals surface area contributed by atoms with Gasteiger partial charge in [-0.25, -0.2) is 22.0 Å². The molecule has 0 aliphatic heterocycles. The Balaban J connectivity index is 1.91. The number of nitrogens with two attached hydrogens (primary N) is 1. The highest BCUT2D eigenvalue weighted by Gasteiger charge is 2.26. The Labute approximate surface area is 176 Å². The molecular weight excluding hydrogens is 424 g/mol. The molecule has 8 nitrogen and oxygen atoms in total. The van der Waals surface area contributed by atoms with Gasteiger partial charge in [0.25, 0.3) is 10.0 Å². The largest absolute Gasteiger partial charge is 0.301 e. The van der Waals surface area contributed by atoms with Gasteiger partial charge in [-0.1, -0.05) is 36.4 Å². The number of nitrogens with zero attached hydrogens (tertiary/aromatic N) is 1. The maximum Gasteiger partial charge on any atom is 0.266 e. The number of primary sulfonamides is 1. The van der Waals surface area contributed by atoms with Crippen LogP contribution in [0.25, 0.3) is 0 Å². The van der Waals surface area contributed by atoms with Crippen LogP contribution in [0.5, 0.6) is 0 Å². The Morgan fingerprint density at radius 2 is 1.50 bits per heavy atom. The monoisotopic (exact) mass is 446 g/mol. The molecule has 0 aromatic heterocycles. The van der Waals surface area contributed by atoms with E-state index in [2.05, 4.69) is 10.9 Å². The van der Waals surface area contributed by atoms with Gasteiger partial charge < -0.3 is 5.43 Å². The first-order chi connectivity index (χ1) is 14.2. The zero-order valence-electron chi connectivity index (χ0n) is 16.2. The molecule has 0 heterocycles. The van der Waals surface area contributed by atoms with E-state index in [1.807, 2.05) is 6.07 Å². The number of nitrogens with one attached hydrogen (secondary N) is 2. The van der Waals surface area contributed by atoms with Crippen LogP contribution in [0.3, 0.4) is 0 Å². The Morgan fingerprint density at radius 1 is 0.833 bits per heavy atom. The first-order valence-corrected chi connectivity index (χ1v) is 12.0. The molecule has 10 heteroatoms. The normalized spacial score (nSPS) is 11.7. The molecule has 0 unspecified atom stereocenters. The Hall–Kier alpha value is -3.08. The fraction of sp³-hybridized carbons (Fsp3) is 0.100. The van der Waals surface area contributed by atoms with Crippen LogP contribution >= 0.6 is 0 Å². The van der Waals surface area contributed by atoms with Gasteiger partial charge in [-0.05, 0) is 49.4 Å². The van der Waals surface area contributed by atoms with Crippen molar-refractivity contribution in [1.82, 2.24) is 0 Å². The standard InChI is InChI=1S/C20H22N4O4S2/c1-2-24(17-10-4-3-5-11-17)30(27,28)20-14-7-6-13-19(20)23-22-16-9-8-12-18(15-16)29(21,25)26/h3-15,22-23H,2H2,1H3,(H2,21,25,26). The van der Waals surface area contributed by atoms with E-state index in [0.29, 0.717) is 17.1 Å². The van der Waals surface area contributed by atoms with Crippen molar-refractivity contribution in [3.05, 3.63) is 78.9 Å². The van der Waals surface area contributed by atoms with Crippen LogP contribution in [0.4, 0.5) is 17.1 Å². The van der Waals surface area contributed by atoms with E-state index in [9.17, 15) is 16.8 Å². The minimum atomic E-state index is -3.86. The fourth-order valence-electron chi connectivity index (χ4n) is 2.89. The summed E-state index contributed by atoms with van der Waals surface area (Å²) in [4.78, 5) is 0.0160. The minimum Gasteiger partial charge on any atom is -0.301 e. The Morgan fingerprint density at radius 3 is 2.17 bits per heavy atom. The number of hydrogen-bond donors (Lipinski definition) is 3. The van der Waals surface area contributed by atoms with Crippen molar-refractivity contribution in [1.29, 1.82) is 0 Å². The van der Waals surface area contributed by atoms with Crippen LogP contribution in [0.1, 0.15) is 6.92 Å². The number of rotatable bonds is 8. The summed E-state index contributed by atoms with van der Waals surface area (Å²) in [5.74, 6) is 0. The first-order valence-electron chi connectivity index (χ1n) is 9.05. The fourth-order valence-corrected chi connectivity index (χ4v) is 5.07. The van der Waals surface area contributed by atoms with Crippen LogP contribution in [0, 0.1) is 0 Å². The van der Waals surface area contributed by atoms with Crippen molar-refractivity contribution >= 4 is 37.1 Å². The summed E-state index contributed by atoms with van der Waals surface area (Å²) in [5, 5.41) is 5.16. The topological polar surface area (TPSA) is 122 Å². The van der Waals surface area contributed by atoms with E-state index in [4.69, 9.17) is 5.14 Å². The van der Waals surface area contributed by atoms with Crippen molar-refractivity contribution in [2.24, 2.45) is 5.14 Å². The van der Waals surface area contributed by atoms with Gasteiger partial charge in [-0.3, -0.25) is 9.73 Å². The molecule has 0 amide bonds. The number of hydrazine groups is 1. The third-order valence-corrected chi connectivity index (χ3v) is 7.16. The zero-order valence-corrected chi connectivity index (χ0v) is 17.8. The molecule has 0 aliphatic carbocycles. The summed E-state index contributed by atoms with van der Waals surface area (Å²) in [7, 11) is -7.71. The molecule has 4 N–H and O–H groups in total. The van der Waals surface area contributed by atoms with E-state index < -0.39 is 20.0 Å². The second-order valence-corrected chi connectivity index (χ2v) is 9.72. The molecule has 3 aromatic rings. The van der Waals surface area contributed by atoms with Gasteiger partial charge in [-0.2, -0.15) is 0 Å². The number of sulfonamides is 2. The number of benzene rings is 3. The molecule has 30 heavy (non-hydrogen) atoms. The van der Waals surface area contributed by atoms with Crippen molar-refractivity contribution < 1.29 is 16.8 Å². The summed E-state index contributed by atoms with van der Waals surface area (Å²) in [6.07, 6.45) is 0. The van der Waals surface area contributed by atoms with E-state index in [1.165, 1.54) is 28.6 Å². The van der Waals surface area contributed by atoms with Gasteiger partial charge in [0, 0.05) is 6.54 Å². The first kappa shape index (κ1) is 21.6. The molecular formula is C20H22N4O4S2. The van der Waals surface area contributed by atoms with E-state index >= 15 is 0 Å². The van der Waals surface area contributed by atoms with E-state index in [0.717, 1.165) is 0 Å². The maximum absolute atomic E-state index is 13.3. The van der Waals surface area contributed by atoms with Crippen molar-refractivity contribution in [2.45, 2.75) is 16.7 Å². The second kappa shape index (κ2) is 8.74. The number of para-hydroxylation sites is 2. The molecule has 0 atom stereocenters. The second-order valence-electron chi connectivity index (χ2n) is 6.32. The zero-order chi connectivity index (χ0) is 21.8. The summed E-state index contributed by atoms with van der Waals surface area (Å²) in [6.45, 7) is 2.02. The highest BCUT2D eigenvalue weighted by molar-refractivity contribution is 7.93. The van der Waals surface area contributed by atoms with E-state index in [-0.39, 0.29) is 16.3 Å². The van der Waals surface area contributed by atoms with Gasteiger partial charge >= 0.3 is 0 Å². The number of anilines is 3. The lowest BCUT2D eigenvalue weighted by atomic mass is 10.3. The third kappa shape index (κ3) is 4.73. The van der Waals surface area contributed by atoms with Crippen LogP contribution < -0.4 is 20.3 Å². The quantitative estimate of drug-likeness (QED) is 0.457. The average Bonchev–Trinajstić information content (AvgIpc) is 2.73. The van der Waals surface area contributed by atoms with Crippen LogP contribution in [-0.2, 0) is 20.0 Å². The lowest BCUT2D eigenvalue weighted by Gasteiger charge is -2.24. The Kier molecular flexibility index (Phi) is 6.30. The van der Waals surface area contributed by atoms with Gasteiger partial charge in [0.05, 0.1) is 22.0 Å². The van der Waals surface area contributed by atoms with Crippen LogP contribution in [0.2, 0.25) is 0 Å². The molecule has 3 rings (SSSR count). The molecule has 0 saturated carbocycles. The van der Waals surface area contributed by atoms with Crippen LogP contribution in [0.15, 0.2) is 88.7 Å². The summed E-state index contributed by atoms with van der Waals surface area (Å²) in [6, 6.07) is 21.2. The molecule has 0 bridgehead atoms. The minimum absolute atomic E-state index is 0.0588. The molecule has 0 fully saturated rings. The summed E-state index contributed by atoms with van der Waals surface area (Å²) < 4.78 is 51.1. The maximum atomic E-state index is 13.3. The van der Waals surface area contributed by atoms with Gasteiger partial charge in [-0.15, -0.1) is 0 Å². The SMILES string of the molecule is CCN(c1ccccc1)S(=O)(=O)c1ccccc1NNc1cccc(S(N)(=O)=O)c1. The van der Waals surface area contributed by atoms with Crippen molar-refractivity contribution in [2.75, 3.05) is 21.7 Å². The molecule has 0 saturated heterocycles. The highest BCUT2D eigenvalue weighted by Crippen LogP contribution is 2.28.